The molecular weight excluding hydrogens is 230 g/mol. The van der Waals surface area contributed by atoms with Crippen LogP contribution in [-0.4, -0.2) is 23.9 Å². The maximum Gasteiger partial charge on any atom is 0.223 e. The first-order valence-electron chi connectivity index (χ1n) is 6.91. The van der Waals surface area contributed by atoms with Gasteiger partial charge in [-0.05, 0) is 38.5 Å². The Kier molecular flexibility index (Phi) is 4.22. The lowest BCUT2D eigenvalue weighted by Crippen LogP contribution is -2.43. The van der Waals surface area contributed by atoms with E-state index in [-0.39, 0.29) is 35.7 Å². The Balaban J connectivity index is 1.81. The molecule has 5 nitrogen and oxygen atoms in total. The summed E-state index contributed by atoms with van der Waals surface area (Å²) in [6.07, 6.45) is 6.08. The summed E-state index contributed by atoms with van der Waals surface area (Å²) in [6.45, 7) is 0. The molecule has 2 rings (SSSR count). The van der Waals surface area contributed by atoms with Crippen molar-refractivity contribution in [3.8, 4) is 0 Å². The summed E-state index contributed by atoms with van der Waals surface area (Å²) >= 11 is 0. The van der Waals surface area contributed by atoms with Crippen LogP contribution in [0.1, 0.15) is 44.9 Å². The molecule has 0 aromatic rings. The lowest BCUT2D eigenvalue weighted by atomic mass is 9.85. The van der Waals surface area contributed by atoms with Crippen molar-refractivity contribution in [1.29, 1.82) is 0 Å². The number of hydrogen-bond acceptors (Lipinski definition) is 3. The van der Waals surface area contributed by atoms with Crippen LogP contribution in [0.3, 0.4) is 0 Å². The van der Waals surface area contributed by atoms with Crippen molar-refractivity contribution < 1.29 is 9.59 Å². The van der Waals surface area contributed by atoms with Crippen LogP contribution in [0.5, 0.6) is 0 Å². The van der Waals surface area contributed by atoms with Crippen LogP contribution >= 0.6 is 0 Å². The molecule has 18 heavy (non-hydrogen) atoms. The summed E-state index contributed by atoms with van der Waals surface area (Å²) in [5, 5.41) is 3.06. The summed E-state index contributed by atoms with van der Waals surface area (Å²) < 4.78 is 0. The molecule has 0 saturated heterocycles. The molecule has 4 unspecified atom stereocenters. The van der Waals surface area contributed by atoms with Crippen molar-refractivity contribution in [3.05, 3.63) is 0 Å². The van der Waals surface area contributed by atoms with Crippen LogP contribution in [0.25, 0.3) is 0 Å². The average molecular weight is 253 g/mol. The van der Waals surface area contributed by atoms with Gasteiger partial charge >= 0.3 is 0 Å². The first-order valence-corrected chi connectivity index (χ1v) is 6.91. The second-order valence-electron chi connectivity index (χ2n) is 5.74. The zero-order chi connectivity index (χ0) is 13.1. The van der Waals surface area contributed by atoms with Gasteiger partial charge in [-0.3, -0.25) is 9.59 Å². The maximum absolute atomic E-state index is 12.1. The van der Waals surface area contributed by atoms with Gasteiger partial charge in [0, 0.05) is 23.9 Å². The normalized spacial score (nSPS) is 36.3. The third kappa shape index (κ3) is 3.22. The summed E-state index contributed by atoms with van der Waals surface area (Å²) in [4.78, 5) is 23.2. The molecule has 2 fully saturated rings. The molecular formula is C13H23N3O2. The van der Waals surface area contributed by atoms with Gasteiger partial charge in [0.25, 0.3) is 0 Å². The van der Waals surface area contributed by atoms with E-state index in [1.165, 1.54) is 0 Å². The van der Waals surface area contributed by atoms with Crippen molar-refractivity contribution in [1.82, 2.24) is 5.32 Å². The molecule has 0 aliphatic heterocycles. The quantitative estimate of drug-likeness (QED) is 0.673. The van der Waals surface area contributed by atoms with Crippen LogP contribution in [-0.2, 0) is 9.59 Å². The molecule has 4 atom stereocenters. The Bertz CT molecular complexity index is 332. The smallest absolute Gasteiger partial charge is 0.223 e. The number of carbonyl (C=O) groups is 2. The highest BCUT2D eigenvalue weighted by atomic mass is 16.2. The minimum atomic E-state index is -0.239. The van der Waals surface area contributed by atoms with Gasteiger partial charge in [0.2, 0.25) is 11.8 Å². The zero-order valence-corrected chi connectivity index (χ0v) is 10.7. The van der Waals surface area contributed by atoms with E-state index in [0.717, 1.165) is 38.5 Å². The number of nitrogens with one attached hydrogen (secondary N) is 1. The first kappa shape index (κ1) is 13.3. The molecule has 2 aliphatic carbocycles. The molecule has 2 saturated carbocycles. The van der Waals surface area contributed by atoms with E-state index in [1.54, 1.807) is 0 Å². The summed E-state index contributed by atoms with van der Waals surface area (Å²) in [5.41, 5.74) is 11.1. The van der Waals surface area contributed by atoms with Gasteiger partial charge in [-0.15, -0.1) is 0 Å². The molecule has 0 aromatic carbocycles. The number of rotatable bonds is 3. The third-order valence-electron chi connectivity index (χ3n) is 4.27. The second-order valence-corrected chi connectivity index (χ2v) is 5.74. The maximum atomic E-state index is 12.1. The first-order chi connectivity index (χ1) is 8.56. The largest absolute Gasteiger partial charge is 0.369 e. The molecule has 102 valence electrons. The standard InChI is InChI=1S/C13H23N3O2/c14-10-5-4-9(6-10)13(18)16-11-3-1-2-8(7-11)12(15)17/h8-11H,1-7,14H2,(H2,15,17)(H,16,18). The minimum Gasteiger partial charge on any atom is -0.369 e. The molecule has 5 heteroatoms. The number of primary amides is 1. The molecule has 5 N–H and O–H groups in total. The van der Waals surface area contributed by atoms with Crippen LogP contribution in [0.15, 0.2) is 0 Å². The summed E-state index contributed by atoms with van der Waals surface area (Å²) in [5.74, 6) is -0.140. The van der Waals surface area contributed by atoms with Crippen LogP contribution in [0, 0.1) is 11.8 Å². The van der Waals surface area contributed by atoms with Gasteiger partial charge in [-0.2, -0.15) is 0 Å². The van der Waals surface area contributed by atoms with Crippen molar-refractivity contribution in [2.75, 3.05) is 0 Å². The van der Waals surface area contributed by atoms with E-state index in [4.69, 9.17) is 11.5 Å². The summed E-state index contributed by atoms with van der Waals surface area (Å²) in [7, 11) is 0. The lowest BCUT2D eigenvalue weighted by molar-refractivity contribution is -0.127. The highest BCUT2D eigenvalue weighted by molar-refractivity contribution is 5.80. The Morgan fingerprint density at radius 1 is 1.00 bits per heavy atom. The average Bonchev–Trinajstić information content (AvgIpc) is 2.76. The second kappa shape index (κ2) is 5.69. The van der Waals surface area contributed by atoms with E-state index < -0.39 is 0 Å². The van der Waals surface area contributed by atoms with Crippen molar-refractivity contribution in [2.24, 2.45) is 23.3 Å². The Morgan fingerprint density at radius 2 is 1.78 bits per heavy atom. The Labute approximate surface area is 108 Å². The van der Waals surface area contributed by atoms with Crippen LogP contribution in [0.4, 0.5) is 0 Å². The van der Waals surface area contributed by atoms with E-state index in [0.29, 0.717) is 6.42 Å². The number of carbonyl (C=O) groups excluding carboxylic acids is 2. The number of amides is 2. The minimum absolute atomic E-state index is 0.0638. The highest BCUT2D eigenvalue weighted by Gasteiger charge is 2.31. The molecule has 2 amide bonds. The molecule has 0 bridgehead atoms. The fraction of sp³-hybridized carbons (Fsp3) is 0.846. The van der Waals surface area contributed by atoms with Crippen LogP contribution < -0.4 is 16.8 Å². The third-order valence-corrected chi connectivity index (χ3v) is 4.27. The van der Waals surface area contributed by atoms with Crippen LogP contribution in [0.2, 0.25) is 0 Å². The predicted molar refractivity (Wildman–Crippen MR) is 68.4 cm³/mol. The zero-order valence-electron chi connectivity index (χ0n) is 10.7. The molecule has 0 radical (unpaired) electrons. The lowest BCUT2D eigenvalue weighted by Gasteiger charge is -2.28. The van der Waals surface area contributed by atoms with Crippen molar-refractivity contribution in [3.63, 3.8) is 0 Å². The molecule has 0 aromatic heterocycles. The van der Waals surface area contributed by atoms with Gasteiger partial charge in [-0.1, -0.05) is 6.42 Å². The number of nitrogens with two attached hydrogens (primary N) is 2. The SMILES string of the molecule is NC(=O)C1CCCC(NC(=O)C2CCC(N)C2)C1. The fourth-order valence-corrected chi connectivity index (χ4v) is 3.15. The summed E-state index contributed by atoms with van der Waals surface area (Å²) in [6, 6.07) is 0.283. The van der Waals surface area contributed by atoms with E-state index in [2.05, 4.69) is 5.32 Å². The fourth-order valence-electron chi connectivity index (χ4n) is 3.15. The number of hydrogen-bond donors (Lipinski definition) is 3. The molecule has 0 heterocycles. The van der Waals surface area contributed by atoms with Gasteiger partial charge in [0.1, 0.15) is 0 Å². The van der Waals surface area contributed by atoms with Gasteiger partial charge in [-0.25, -0.2) is 0 Å². The van der Waals surface area contributed by atoms with E-state index in [9.17, 15) is 9.59 Å². The van der Waals surface area contributed by atoms with E-state index in [1.807, 2.05) is 0 Å². The molecule has 0 spiro atoms. The topological polar surface area (TPSA) is 98.2 Å². The predicted octanol–water partition coefficient (Wildman–Crippen LogP) is 0.274. The van der Waals surface area contributed by atoms with Gasteiger partial charge in [0.05, 0.1) is 0 Å². The van der Waals surface area contributed by atoms with Gasteiger partial charge < -0.3 is 16.8 Å². The van der Waals surface area contributed by atoms with Crippen molar-refractivity contribution in [2.45, 2.75) is 57.0 Å². The molecule has 2 aliphatic rings. The highest BCUT2D eigenvalue weighted by Crippen LogP contribution is 2.27. The van der Waals surface area contributed by atoms with Crippen molar-refractivity contribution >= 4 is 11.8 Å². The van der Waals surface area contributed by atoms with Gasteiger partial charge in [0.15, 0.2) is 0 Å². The Hall–Kier alpha value is -1.10. The monoisotopic (exact) mass is 253 g/mol. The van der Waals surface area contributed by atoms with E-state index >= 15 is 0 Å². The Morgan fingerprint density at radius 3 is 2.39 bits per heavy atom.